The maximum atomic E-state index is 12.4. The Hall–Kier alpha value is -0.610. The molecule has 2 fully saturated rings. The summed E-state index contributed by atoms with van der Waals surface area (Å²) in [6.07, 6.45) is 8.95. The van der Waals surface area contributed by atoms with E-state index in [0.717, 1.165) is 58.4 Å². The van der Waals surface area contributed by atoms with E-state index in [1.54, 1.807) is 0 Å². The number of carbonyl (C=O) groups excluding carboxylic acids is 1. The summed E-state index contributed by atoms with van der Waals surface area (Å²) in [5.41, 5.74) is 0. The first-order valence-electron chi connectivity index (χ1n) is 8.43. The van der Waals surface area contributed by atoms with E-state index in [1.807, 2.05) is 0 Å². The molecule has 0 radical (unpaired) electrons. The van der Waals surface area contributed by atoms with Crippen LogP contribution in [0, 0.1) is 5.92 Å². The van der Waals surface area contributed by atoms with Gasteiger partial charge in [-0.1, -0.05) is 0 Å². The summed E-state index contributed by atoms with van der Waals surface area (Å²) in [6, 6.07) is 0. The highest BCUT2D eigenvalue weighted by Gasteiger charge is 2.28. The molecule has 1 amide bonds. The van der Waals surface area contributed by atoms with Gasteiger partial charge in [-0.15, -0.1) is 0 Å². The highest BCUT2D eigenvalue weighted by molar-refractivity contribution is 5.79. The van der Waals surface area contributed by atoms with Crippen LogP contribution >= 0.6 is 0 Å². The van der Waals surface area contributed by atoms with Crippen LogP contribution in [-0.2, 0) is 4.79 Å². The van der Waals surface area contributed by atoms with Crippen LogP contribution in [0.2, 0.25) is 0 Å². The maximum absolute atomic E-state index is 12.4. The number of nitrogens with zero attached hydrogens (tertiary/aromatic N) is 2. The van der Waals surface area contributed by atoms with Gasteiger partial charge in [0.05, 0.1) is 0 Å². The van der Waals surface area contributed by atoms with Crippen LogP contribution in [-0.4, -0.2) is 60.1 Å². The van der Waals surface area contributed by atoms with Gasteiger partial charge in [0.25, 0.3) is 0 Å². The van der Waals surface area contributed by atoms with E-state index >= 15 is 0 Å². The number of unbranched alkanes of at least 4 members (excludes halogenated alkanes) is 2. The average Bonchev–Trinajstić information content (AvgIpc) is 2.52. The van der Waals surface area contributed by atoms with Crippen molar-refractivity contribution in [1.29, 1.82) is 0 Å². The molecule has 2 aliphatic rings. The third-order valence-corrected chi connectivity index (χ3v) is 4.74. The molecule has 1 N–H and O–H groups in total. The van der Waals surface area contributed by atoms with Gasteiger partial charge in [0, 0.05) is 25.6 Å². The smallest absolute Gasteiger partial charge is 0.225 e. The van der Waals surface area contributed by atoms with Crippen LogP contribution in [0.5, 0.6) is 0 Å². The minimum absolute atomic E-state index is 0.279. The number of carbonyl (C=O) groups is 1. The van der Waals surface area contributed by atoms with Crippen molar-refractivity contribution in [3.63, 3.8) is 0 Å². The molecule has 20 heavy (non-hydrogen) atoms. The van der Waals surface area contributed by atoms with Crippen molar-refractivity contribution in [3.8, 4) is 0 Å². The van der Waals surface area contributed by atoms with Gasteiger partial charge in [0.2, 0.25) is 5.91 Å². The zero-order chi connectivity index (χ0) is 14.2. The molecule has 2 heterocycles. The third-order valence-electron chi connectivity index (χ3n) is 4.74. The summed E-state index contributed by atoms with van der Waals surface area (Å²) in [7, 11) is 0. The van der Waals surface area contributed by atoms with Crippen molar-refractivity contribution in [1.82, 2.24) is 9.80 Å². The summed E-state index contributed by atoms with van der Waals surface area (Å²) in [5, 5.41) is 8.77. The minimum atomic E-state index is 0.279. The quantitative estimate of drug-likeness (QED) is 0.756. The van der Waals surface area contributed by atoms with Crippen molar-refractivity contribution in [2.75, 3.05) is 39.3 Å². The van der Waals surface area contributed by atoms with Crippen LogP contribution in [0.1, 0.15) is 51.4 Å². The van der Waals surface area contributed by atoms with Crippen molar-refractivity contribution >= 4 is 5.91 Å². The molecule has 0 saturated carbocycles. The van der Waals surface area contributed by atoms with Crippen LogP contribution in [0.25, 0.3) is 0 Å². The maximum Gasteiger partial charge on any atom is 0.225 e. The van der Waals surface area contributed by atoms with Gasteiger partial charge in [0.15, 0.2) is 0 Å². The van der Waals surface area contributed by atoms with Crippen molar-refractivity contribution < 1.29 is 9.90 Å². The molecule has 0 unspecified atom stereocenters. The molecule has 4 nitrogen and oxygen atoms in total. The number of hydrogen-bond donors (Lipinski definition) is 1. The summed E-state index contributed by atoms with van der Waals surface area (Å²) >= 11 is 0. The number of aliphatic hydroxyl groups is 1. The fraction of sp³-hybridized carbons (Fsp3) is 0.938. The molecule has 0 aromatic carbocycles. The van der Waals surface area contributed by atoms with Crippen LogP contribution in [0.3, 0.4) is 0 Å². The van der Waals surface area contributed by atoms with Crippen molar-refractivity contribution in [2.45, 2.75) is 51.4 Å². The van der Waals surface area contributed by atoms with Crippen LogP contribution in [0.15, 0.2) is 0 Å². The molecular weight excluding hydrogens is 252 g/mol. The fourth-order valence-electron chi connectivity index (χ4n) is 3.40. The first kappa shape index (κ1) is 15.8. The Kier molecular flexibility index (Phi) is 6.80. The zero-order valence-corrected chi connectivity index (χ0v) is 12.7. The van der Waals surface area contributed by atoms with Crippen LogP contribution in [0.4, 0.5) is 0 Å². The molecule has 0 aromatic rings. The van der Waals surface area contributed by atoms with Crippen LogP contribution < -0.4 is 0 Å². The molecule has 2 rings (SSSR count). The highest BCUT2D eigenvalue weighted by atomic mass is 16.2. The van der Waals surface area contributed by atoms with E-state index in [9.17, 15) is 4.79 Å². The van der Waals surface area contributed by atoms with Gasteiger partial charge in [-0.3, -0.25) is 4.79 Å². The first-order valence-corrected chi connectivity index (χ1v) is 8.43. The highest BCUT2D eigenvalue weighted by Crippen LogP contribution is 2.22. The molecular formula is C16H30N2O2. The largest absolute Gasteiger partial charge is 0.396 e. The van der Waals surface area contributed by atoms with Gasteiger partial charge in [-0.2, -0.15) is 0 Å². The second-order valence-corrected chi connectivity index (χ2v) is 6.29. The summed E-state index contributed by atoms with van der Waals surface area (Å²) in [6.45, 7) is 5.56. The summed E-state index contributed by atoms with van der Waals surface area (Å²) in [4.78, 5) is 17.0. The van der Waals surface area contributed by atoms with E-state index < -0.39 is 0 Å². The first-order chi connectivity index (χ1) is 9.81. The number of likely N-dealkylation sites (tertiary alicyclic amines) is 2. The molecule has 0 aromatic heterocycles. The summed E-state index contributed by atoms with van der Waals surface area (Å²) in [5.74, 6) is 0.700. The predicted molar refractivity (Wildman–Crippen MR) is 80.5 cm³/mol. The van der Waals surface area contributed by atoms with Crippen molar-refractivity contribution in [3.05, 3.63) is 0 Å². The molecule has 2 saturated heterocycles. The number of rotatable bonds is 6. The van der Waals surface area contributed by atoms with Gasteiger partial charge in [-0.05, 0) is 71.0 Å². The molecule has 4 heteroatoms. The SMILES string of the molecule is O=C(C1CCN(CCCCCO)CC1)N1CCCCC1. The van der Waals surface area contributed by atoms with E-state index in [2.05, 4.69) is 9.80 Å². The minimum Gasteiger partial charge on any atom is -0.396 e. The number of amides is 1. The Balaban J connectivity index is 1.64. The lowest BCUT2D eigenvalue weighted by Gasteiger charge is -2.35. The van der Waals surface area contributed by atoms with E-state index in [1.165, 1.54) is 25.7 Å². The molecule has 2 aliphatic heterocycles. The second-order valence-electron chi connectivity index (χ2n) is 6.29. The fourth-order valence-corrected chi connectivity index (χ4v) is 3.40. The molecule has 0 bridgehead atoms. The predicted octanol–water partition coefficient (Wildman–Crippen LogP) is 1.87. The molecule has 116 valence electrons. The summed E-state index contributed by atoms with van der Waals surface area (Å²) < 4.78 is 0. The Morgan fingerprint density at radius 2 is 1.65 bits per heavy atom. The Bertz CT molecular complexity index is 282. The van der Waals surface area contributed by atoms with E-state index in [0.29, 0.717) is 12.5 Å². The Labute approximate surface area is 123 Å². The normalized spacial score (nSPS) is 22.1. The zero-order valence-electron chi connectivity index (χ0n) is 12.7. The number of aliphatic hydroxyl groups excluding tert-OH is 1. The molecule has 0 spiro atoms. The average molecular weight is 282 g/mol. The second kappa shape index (κ2) is 8.63. The topological polar surface area (TPSA) is 43.8 Å². The lowest BCUT2D eigenvalue weighted by atomic mass is 9.94. The lowest BCUT2D eigenvalue weighted by molar-refractivity contribution is -0.138. The van der Waals surface area contributed by atoms with Gasteiger partial charge in [0.1, 0.15) is 0 Å². The number of piperidine rings is 2. The number of hydrogen-bond acceptors (Lipinski definition) is 3. The van der Waals surface area contributed by atoms with E-state index in [-0.39, 0.29) is 5.92 Å². The molecule has 0 atom stereocenters. The van der Waals surface area contributed by atoms with E-state index in [4.69, 9.17) is 5.11 Å². The van der Waals surface area contributed by atoms with Gasteiger partial charge in [-0.25, -0.2) is 0 Å². The monoisotopic (exact) mass is 282 g/mol. The lowest BCUT2D eigenvalue weighted by Crippen LogP contribution is -2.44. The van der Waals surface area contributed by atoms with Crippen molar-refractivity contribution in [2.24, 2.45) is 5.92 Å². The molecule has 0 aliphatic carbocycles. The van der Waals surface area contributed by atoms with Gasteiger partial charge >= 0.3 is 0 Å². The standard InChI is InChI=1S/C16H30N2O2/c19-14-6-2-3-9-17-12-7-15(8-13-17)16(20)18-10-4-1-5-11-18/h15,19H,1-14H2. The third kappa shape index (κ3) is 4.74. The van der Waals surface area contributed by atoms with Gasteiger partial charge < -0.3 is 14.9 Å². The Morgan fingerprint density at radius 1 is 0.950 bits per heavy atom. The Morgan fingerprint density at radius 3 is 2.30 bits per heavy atom.